The van der Waals surface area contributed by atoms with Crippen molar-refractivity contribution in [3.63, 3.8) is 0 Å². The number of benzene rings is 1. The highest BCUT2D eigenvalue weighted by molar-refractivity contribution is 6.00. The number of ether oxygens (including phenoxy) is 2. The average Bonchev–Trinajstić information content (AvgIpc) is 3.39. The number of aromatic amines is 1. The summed E-state index contributed by atoms with van der Waals surface area (Å²) >= 11 is 0. The summed E-state index contributed by atoms with van der Waals surface area (Å²) in [6.45, 7) is 5.41. The minimum Gasteiger partial charge on any atom is -0.496 e. The van der Waals surface area contributed by atoms with Crippen LogP contribution in [0.15, 0.2) is 30.3 Å². The van der Waals surface area contributed by atoms with E-state index in [4.69, 9.17) is 14.5 Å². The number of aromatic nitrogens is 3. The van der Waals surface area contributed by atoms with Crippen LogP contribution < -0.4 is 14.8 Å². The summed E-state index contributed by atoms with van der Waals surface area (Å²) < 4.78 is 10.8. The third kappa shape index (κ3) is 3.65. The molecule has 3 heterocycles. The van der Waals surface area contributed by atoms with Crippen LogP contribution in [0.3, 0.4) is 0 Å². The van der Waals surface area contributed by atoms with Gasteiger partial charge in [-0.1, -0.05) is 6.07 Å². The number of pyridine rings is 1. The highest BCUT2D eigenvalue weighted by Gasteiger charge is 2.32. The van der Waals surface area contributed by atoms with Crippen molar-refractivity contribution in [2.24, 2.45) is 0 Å². The molecule has 1 aliphatic heterocycles. The summed E-state index contributed by atoms with van der Waals surface area (Å²) in [7, 11) is 3.12. The van der Waals surface area contributed by atoms with Gasteiger partial charge in [-0.2, -0.15) is 5.10 Å². The maximum atomic E-state index is 13.2. The Hall–Kier alpha value is -3.29. The second-order valence-electron chi connectivity index (χ2n) is 7.78. The largest absolute Gasteiger partial charge is 0.496 e. The summed E-state index contributed by atoms with van der Waals surface area (Å²) in [5, 5.41) is 11.6. The van der Waals surface area contributed by atoms with Gasteiger partial charge in [0.15, 0.2) is 11.5 Å². The quantitative estimate of drug-likeness (QED) is 0.648. The number of carbonyl (C=O) groups is 1. The van der Waals surface area contributed by atoms with E-state index < -0.39 is 0 Å². The number of amides is 1. The number of carbonyl (C=O) groups excluding carboxylic acids is 1. The number of methoxy groups -OCH3 is 2. The zero-order valence-corrected chi connectivity index (χ0v) is 17.7. The number of H-pyrrole nitrogens is 1. The summed E-state index contributed by atoms with van der Waals surface area (Å²) in [6.07, 6.45) is 0.854. The molecule has 2 aromatic heterocycles. The molecule has 1 saturated heterocycles. The van der Waals surface area contributed by atoms with Gasteiger partial charge < -0.3 is 19.7 Å². The fourth-order valence-electron chi connectivity index (χ4n) is 3.94. The zero-order valence-electron chi connectivity index (χ0n) is 17.7. The van der Waals surface area contributed by atoms with Gasteiger partial charge in [-0.05, 0) is 44.5 Å². The van der Waals surface area contributed by atoms with Gasteiger partial charge in [-0.25, -0.2) is 4.98 Å². The molecule has 30 heavy (non-hydrogen) atoms. The molecule has 1 atom stereocenters. The number of fused-ring (bicyclic) bond motifs is 1. The second-order valence-corrected chi connectivity index (χ2v) is 7.78. The molecule has 8 nitrogen and oxygen atoms in total. The standard InChI is InChI=1S/C22H27N5O3/c1-13(2)23-20-15-8-9-16(24-21(15)26-25-20)14-10-11-27(12-14)22(28)19-17(29-3)6-5-7-18(19)30-4/h5-9,13-14H,10-12H2,1-4H3,(H2,23,24,25,26)/t14-/m1/s1. The van der Waals surface area contributed by atoms with E-state index in [9.17, 15) is 4.79 Å². The summed E-state index contributed by atoms with van der Waals surface area (Å²) in [5.41, 5.74) is 2.18. The molecule has 0 unspecified atom stereocenters. The predicted molar refractivity (Wildman–Crippen MR) is 115 cm³/mol. The average molecular weight is 409 g/mol. The van der Waals surface area contributed by atoms with Gasteiger partial charge in [0.25, 0.3) is 5.91 Å². The molecule has 8 heteroatoms. The van der Waals surface area contributed by atoms with Gasteiger partial charge in [0.05, 0.1) is 19.6 Å². The van der Waals surface area contributed by atoms with E-state index >= 15 is 0 Å². The Bertz CT molecular complexity index is 1040. The van der Waals surface area contributed by atoms with Crippen molar-refractivity contribution in [1.82, 2.24) is 20.1 Å². The topological polar surface area (TPSA) is 92.4 Å². The Morgan fingerprint density at radius 1 is 1.20 bits per heavy atom. The van der Waals surface area contributed by atoms with Crippen LogP contribution >= 0.6 is 0 Å². The Morgan fingerprint density at radius 3 is 2.60 bits per heavy atom. The molecule has 1 aliphatic rings. The highest BCUT2D eigenvalue weighted by Crippen LogP contribution is 2.34. The first-order valence-electron chi connectivity index (χ1n) is 10.1. The van der Waals surface area contributed by atoms with Crippen LogP contribution in [0, 0.1) is 0 Å². The van der Waals surface area contributed by atoms with Crippen LogP contribution in [0.1, 0.15) is 42.2 Å². The zero-order chi connectivity index (χ0) is 21.3. The molecule has 0 aliphatic carbocycles. The fourth-order valence-corrected chi connectivity index (χ4v) is 3.94. The van der Waals surface area contributed by atoms with Crippen LogP contribution in [0.2, 0.25) is 0 Å². The first-order valence-corrected chi connectivity index (χ1v) is 10.1. The fraction of sp³-hybridized carbons (Fsp3) is 0.409. The maximum Gasteiger partial charge on any atom is 0.261 e. The van der Waals surface area contributed by atoms with Crippen LogP contribution in [0.5, 0.6) is 11.5 Å². The van der Waals surface area contributed by atoms with E-state index in [1.54, 1.807) is 26.4 Å². The lowest BCUT2D eigenvalue weighted by molar-refractivity contribution is 0.0783. The Kier molecular flexibility index (Phi) is 5.48. The van der Waals surface area contributed by atoms with Crippen molar-refractivity contribution >= 4 is 22.8 Å². The molecule has 0 spiro atoms. The maximum absolute atomic E-state index is 13.2. The number of hydrogen-bond acceptors (Lipinski definition) is 6. The smallest absolute Gasteiger partial charge is 0.261 e. The summed E-state index contributed by atoms with van der Waals surface area (Å²) in [5.74, 6) is 1.93. The molecule has 1 fully saturated rings. The van der Waals surface area contributed by atoms with Crippen molar-refractivity contribution < 1.29 is 14.3 Å². The molecule has 0 bridgehead atoms. The number of nitrogens with zero attached hydrogens (tertiary/aromatic N) is 3. The van der Waals surface area contributed by atoms with Crippen LogP contribution in [0.4, 0.5) is 5.82 Å². The van der Waals surface area contributed by atoms with Crippen LogP contribution in [-0.4, -0.2) is 59.3 Å². The summed E-state index contributed by atoms with van der Waals surface area (Å²) in [4.78, 5) is 19.8. The summed E-state index contributed by atoms with van der Waals surface area (Å²) in [6, 6.07) is 9.73. The number of likely N-dealkylation sites (tertiary alicyclic amines) is 1. The van der Waals surface area contributed by atoms with Gasteiger partial charge in [0, 0.05) is 30.7 Å². The number of hydrogen-bond donors (Lipinski definition) is 2. The van der Waals surface area contributed by atoms with Gasteiger partial charge in [-0.15, -0.1) is 0 Å². The second kappa shape index (κ2) is 8.22. The van der Waals surface area contributed by atoms with E-state index in [2.05, 4.69) is 29.4 Å². The molecule has 3 aromatic rings. The molecule has 1 aromatic carbocycles. The van der Waals surface area contributed by atoms with Crippen molar-refractivity contribution in [2.75, 3.05) is 32.6 Å². The monoisotopic (exact) mass is 409 g/mol. The lowest BCUT2D eigenvalue weighted by Gasteiger charge is -2.20. The van der Waals surface area contributed by atoms with Gasteiger partial charge in [0.2, 0.25) is 0 Å². The molecular weight excluding hydrogens is 382 g/mol. The SMILES string of the molecule is COc1cccc(OC)c1C(=O)N1CC[C@@H](c2ccc3c(NC(C)C)n[nH]c3n2)C1. The van der Waals surface area contributed by atoms with Gasteiger partial charge in [-0.3, -0.25) is 9.89 Å². The third-order valence-electron chi connectivity index (χ3n) is 5.41. The lowest BCUT2D eigenvalue weighted by Crippen LogP contribution is -2.29. The third-order valence-corrected chi connectivity index (χ3v) is 5.41. The normalized spacial score (nSPS) is 16.3. The van der Waals surface area contributed by atoms with E-state index in [0.29, 0.717) is 30.2 Å². The first kappa shape index (κ1) is 20.0. The molecule has 2 N–H and O–H groups in total. The van der Waals surface area contributed by atoms with E-state index in [1.807, 2.05) is 23.1 Å². The number of anilines is 1. The van der Waals surface area contributed by atoms with Gasteiger partial charge >= 0.3 is 0 Å². The molecule has 0 radical (unpaired) electrons. The molecule has 4 rings (SSSR count). The van der Waals surface area contributed by atoms with Crippen molar-refractivity contribution in [3.05, 3.63) is 41.6 Å². The van der Waals surface area contributed by atoms with E-state index in [1.165, 1.54) is 0 Å². The van der Waals surface area contributed by atoms with E-state index in [-0.39, 0.29) is 17.9 Å². The van der Waals surface area contributed by atoms with E-state index in [0.717, 1.165) is 29.0 Å². The van der Waals surface area contributed by atoms with Crippen molar-refractivity contribution in [2.45, 2.75) is 32.2 Å². The Labute approximate surface area is 175 Å². The highest BCUT2D eigenvalue weighted by atomic mass is 16.5. The predicted octanol–water partition coefficient (Wildman–Crippen LogP) is 3.43. The van der Waals surface area contributed by atoms with Crippen molar-refractivity contribution in [3.8, 4) is 11.5 Å². The van der Waals surface area contributed by atoms with Crippen molar-refractivity contribution in [1.29, 1.82) is 0 Å². The Balaban J connectivity index is 1.54. The molecule has 1 amide bonds. The lowest BCUT2D eigenvalue weighted by atomic mass is 10.0. The first-order chi connectivity index (χ1) is 14.5. The number of nitrogens with one attached hydrogen (secondary N) is 2. The molecule has 0 saturated carbocycles. The van der Waals surface area contributed by atoms with Crippen LogP contribution in [0.25, 0.3) is 11.0 Å². The Morgan fingerprint density at radius 2 is 1.93 bits per heavy atom. The number of rotatable bonds is 6. The minimum absolute atomic E-state index is 0.0853. The molecular formula is C22H27N5O3. The minimum atomic E-state index is -0.0853. The van der Waals surface area contributed by atoms with Gasteiger partial charge in [0.1, 0.15) is 17.1 Å². The van der Waals surface area contributed by atoms with Crippen LogP contribution in [-0.2, 0) is 0 Å². The molecule has 158 valence electrons.